The highest BCUT2D eigenvalue weighted by atomic mass is 16.2. The molecule has 1 saturated heterocycles. The van der Waals surface area contributed by atoms with Crippen LogP contribution in [-0.4, -0.2) is 51.9 Å². The molecule has 0 saturated carbocycles. The van der Waals surface area contributed by atoms with Crippen molar-refractivity contribution < 1.29 is 4.79 Å². The van der Waals surface area contributed by atoms with Crippen LogP contribution in [0, 0.1) is 5.92 Å². The average Bonchev–Trinajstić information content (AvgIpc) is 2.54. The molecule has 7 heteroatoms. The molecule has 22 heavy (non-hydrogen) atoms. The molecule has 7 nitrogen and oxygen atoms in total. The van der Waals surface area contributed by atoms with Gasteiger partial charge < -0.3 is 15.5 Å². The van der Waals surface area contributed by atoms with E-state index in [0.29, 0.717) is 11.3 Å². The van der Waals surface area contributed by atoms with Gasteiger partial charge in [-0.25, -0.2) is 15.0 Å². The molecule has 0 aromatic carbocycles. The monoisotopic (exact) mass is 300 g/mol. The molecule has 0 aliphatic carbocycles. The fourth-order valence-corrected chi connectivity index (χ4v) is 2.65. The smallest absolute Gasteiger partial charge is 0.225 e. The number of piperazine rings is 1. The van der Waals surface area contributed by atoms with Crippen LogP contribution in [0.2, 0.25) is 0 Å². The molecule has 0 radical (unpaired) electrons. The number of nitrogens with zero attached hydrogens (tertiary/aromatic N) is 5. The van der Waals surface area contributed by atoms with E-state index in [1.807, 2.05) is 30.9 Å². The highest BCUT2D eigenvalue weighted by molar-refractivity contribution is 5.85. The third-order valence-corrected chi connectivity index (χ3v) is 3.90. The zero-order valence-corrected chi connectivity index (χ0v) is 12.9. The van der Waals surface area contributed by atoms with Gasteiger partial charge in [0.05, 0.1) is 5.52 Å². The number of rotatable bonds is 2. The average molecular weight is 300 g/mol. The highest BCUT2D eigenvalue weighted by Gasteiger charge is 2.23. The standard InChI is InChI=1S/C15H20N6O/c1-10(2)15(22)21-7-5-20(6-8-21)12-4-3-11-13(19-12)14(16)18-9-17-11/h3-4,9-10H,5-8H2,1-2H3,(H2,16,17,18). The minimum absolute atomic E-state index is 0.0438. The Morgan fingerprint density at radius 2 is 1.91 bits per heavy atom. The number of nitrogen functional groups attached to an aromatic ring is 1. The Labute approximate surface area is 129 Å². The number of hydrogen-bond donors (Lipinski definition) is 1. The fourth-order valence-electron chi connectivity index (χ4n) is 2.65. The van der Waals surface area contributed by atoms with E-state index >= 15 is 0 Å². The predicted octanol–water partition coefficient (Wildman–Crippen LogP) is 0.912. The van der Waals surface area contributed by atoms with Gasteiger partial charge in [-0.1, -0.05) is 13.8 Å². The first-order valence-corrected chi connectivity index (χ1v) is 7.47. The van der Waals surface area contributed by atoms with Crippen molar-refractivity contribution in [3.05, 3.63) is 18.5 Å². The van der Waals surface area contributed by atoms with E-state index in [0.717, 1.165) is 37.5 Å². The van der Waals surface area contributed by atoms with Crippen molar-refractivity contribution in [2.75, 3.05) is 36.8 Å². The van der Waals surface area contributed by atoms with E-state index < -0.39 is 0 Å². The molecule has 3 heterocycles. The maximum absolute atomic E-state index is 12.0. The van der Waals surface area contributed by atoms with Crippen LogP contribution in [0.1, 0.15) is 13.8 Å². The molecule has 1 aliphatic rings. The van der Waals surface area contributed by atoms with Crippen molar-refractivity contribution in [1.29, 1.82) is 0 Å². The predicted molar refractivity (Wildman–Crippen MR) is 85.4 cm³/mol. The van der Waals surface area contributed by atoms with Crippen molar-refractivity contribution in [1.82, 2.24) is 19.9 Å². The summed E-state index contributed by atoms with van der Waals surface area (Å²) in [4.78, 5) is 28.8. The summed E-state index contributed by atoms with van der Waals surface area (Å²) in [6.45, 7) is 6.84. The number of anilines is 2. The summed E-state index contributed by atoms with van der Waals surface area (Å²) in [5, 5.41) is 0. The van der Waals surface area contributed by atoms with E-state index in [4.69, 9.17) is 5.73 Å². The Morgan fingerprint density at radius 3 is 2.59 bits per heavy atom. The number of aromatic nitrogens is 3. The van der Waals surface area contributed by atoms with Crippen LogP contribution in [-0.2, 0) is 4.79 Å². The zero-order chi connectivity index (χ0) is 15.7. The van der Waals surface area contributed by atoms with Gasteiger partial charge in [0, 0.05) is 32.1 Å². The van der Waals surface area contributed by atoms with Crippen molar-refractivity contribution in [3.8, 4) is 0 Å². The molecule has 2 aromatic heterocycles. The van der Waals surface area contributed by atoms with Crippen molar-refractivity contribution in [3.63, 3.8) is 0 Å². The summed E-state index contributed by atoms with van der Waals surface area (Å²) in [7, 11) is 0. The van der Waals surface area contributed by atoms with Crippen LogP contribution in [0.4, 0.5) is 11.6 Å². The van der Waals surface area contributed by atoms with E-state index in [1.54, 1.807) is 0 Å². The molecule has 0 atom stereocenters. The molecule has 2 aromatic rings. The van der Waals surface area contributed by atoms with Gasteiger partial charge in [-0.15, -0.1) is 0 Å². The maximum atomic E-state index is 12.0. The number of pyridine rings is 1. The van der Waals surface area contributed by atoms with Gasteiger partial charge in [-0.3, -0.25) is 4.79 Å². The molecule has 2 N–H and O–H groups in total. The van der Waals surface area contributed by atoms with Gasteiger partial charge in [0.1, 0.15) is 17.7 Å². The minimum Gasteiger partial charge on any atom is -0.382 e. The number of carbonyl (C=O) groups excluding carboxylic acids is 1. The quantitative estimate of drug-likeness (QED) is 0.887. The second-order valence-corrected chi connectivity index (χ2v) is 5.76. The Hall–Kier alpha value is -2.44. The Kier molecular flexibility index (Phi) is 3.79. The lowest BCUT2D eigenvalue weighted by Crippen LogP contribution is -2.50. The molecule has 3 rings (SSSR count). The third-order valence-electron chi connectivity index (χ3n) is 3.90. The number of amides is 1. The van der Waals surface area contributed by atoms with E-state index in [2.05, 4.69) is 19.9 Å². The largest absolute Gasteiger partial charge is 0.382 e. The minimum atomic E-state index is 0.0438. The molecule has 1 amide bonds. The summed E-state index contributed by atoms with van der Waals surface area (Å²) in [5.74, 6) is 1.50. The Balaban J connectivity index is 1.76. The first-order chi connectivity index (χ1) is 10.6. The number of carbonyl (C=O) groups is 1. The maximum Gasteiger partial charge on any atom is 0.225 e. The lowest BCUT2D eigenvalue weighted by Gasteiger charge is -2.36. The van der Waals surface area contributed by atoms with Crippen LogP contribution in [0.25, 0.3) is 11.0 Å². The Bertz CT molecular complexity index is 693. The number of nitrogens with two attached hydrogens (primary N) is 1. The van der Waals surface area contributed by atoms with Crippen molar-refractivity contribution in [2.45, 2.75) is 13.8 Å². The van der Waals surface area contributed by atoms with Gasteiger partial charge in [-0.05, 0) is 12.1 Å². The molecule has 0 spiro atoms. The lowest BCUT2D eigenvalue weighted by molar-refractivity contribution is -0.134. The summed E-state index contributed by atoms with van der Waals surface area (Å²) >= 11 is 0. The molecule has 116 valence electrons. The van der Waals surface area contributed by atoms with Gasteiger partial charge in [-0.2, -0.15) is 0 Å². The van der Waals surface area contributed by atoms with Crippen LogP contribution >= 0.6 is 0 Å². The van der Waals surface area contributed by atoms with Gasteiger partial charge >= 0.3 is 0 Å². The van der Waals surface area contributed by atoms with E-state index in [1.165, 1.54) is 6.33 Å². The van der Waals surface area contributed by atoms with Crippen LogP contribution in [0.3, 0.4) is 0 Å². The summed E-state index contributed by atoms with van der Waals surface area (Å²) in [5.41, 5.74) is 7.23. The molecular weight excluding hydrogens is 280 g/mol. The molecule has 1 aliphatic heterocycles. The highest BCUT2D eigenvalue weighted by Crippen LogP contribution is 2.20. The SMILES string of the molecule is CC(C)C(=O)N1CCN(c2ccc3ncnc(N)c3n2)CC1. The first-order valence-electron chi connectivity index (χ1n) is 7.47. The van der Waals surface area contributed by atoms with Crippen molar-refractivity contribution in [2.24, 2.45) is 5.92 Å². The topological polar surface area (TPSA) is 88.2 Å². The van der Waals surface area contributed by atoms with Crippen molar-refractivity contribution >= 4 is 28.6 Å². The summed E-state index contributed by atoms with van der Waals surface area (Å²) in [6.07, 6.45) is 1.44. The van der Waals surface area contributed by atoms with E-state index in [-0.39, 0.29) is 11.8 Å². The van der Waals surface area contributed by atoms with E-state index in [9.17, 15) is 4.79 Å². The van der Waals surface area contributed by atoms with Gasteiger partial charge in [0.25, 0.3) is 0 Å². The Morgan fingerprint density at radius 1 is 1.18 bits per heavy atom. The van der Waals surface area contributed by atoms with Crippen LogP contribution in [0.15, 0.2) is 18.5 Å². The molecule has 1 fully saturated rings. The molecule has 0 bridgehead atoms. The summed E-state index contributed by atoms with van der Waals surface area (Å²) in [6, 6.07) is 3.84. The second-order valence-electron chi connectivity index (χ2n) is 5.76. The molecule has 0 unspecified atom stereocenters. The van der Waals surface area contributed by atoms with Crippen LogP contribution < -0.4 is 10.6 Å². The first kappa shape index (κ1) is 14.5. The summed E-state index contributed by atoms with van der Waals surface area (Å²) < 4.78 is 0. The van der Waals surface area contributed by atoms with Gasteiger partial charge in [0.2, 0.25) is 5.91 Å². The van der Waals surface area contributed by atoms with Gasteiger partial charge in [0.15, 0.2) is 5.82 Å². The third kappa shape index (κ3) is 2.66. The normalized spacial score (nSPS) is 15.6. The number of fused-ring (bicyclic) bond motifs is 1. The fraction of sp³-hybridized carbons (Fsp3) is 0.467. The van der Waals surface area contributed by atoms with Crippen LogP contribution in [0.5, 0.6) is 0 Å². The molecular formula is C15H20N6O. The zero-order valence-electron chi connectivity index (χ0n) is 12.9. The second kappa shape index (κ2) is 5.75. The lowest BCUT2D eigenvalue weighted by atomic mass is 10.1. The number of hydrogen-bond acceptors (Lipinski definition) is 6.